The van der Waals surface area contributed by atoms with Crippen molar-refractivity contribution in [3.63, 3.8) is 0 Å². The van der Waals surface area contributed by atoms with Gasteiger partial charge in [-0.2, -0.15) is 0 Å². The molecule has 0 aromatic rings. The van der Waals surface area contributed by atoms with E-state index in [0.29, 0.717) is 23.5 Å². The Balaban J connectivity index is 1.62. The van der Waals surface area contributed by atoms with E-state index >= 15 is 0 Å². The molecular weight excluding hydrogens is 300 g/mol. The quantitative estimate of drug-likeness (QED) is 0.673. The molecule has 4 aliphatic carbocycles. The van der Waals surface area contributed by atoms with Crippen LogP contribution in [-0.2, 0) is 14.3 Å². The molecule has 0 N–H and O–H groups in total. The van der Waals surface area contributed by atoms with Gasteiger partial charge in [-0.15, -0.1) is 0 Å². The molecule has 7 atom stereocenters. The molecule has 0 bridgehead atoms. The lowest BCUT2D eigenvalue weighted by Crippen LogP contribution is -2.53. The zero-order chi connectivity index (χ0) is 17.1. The van der Waals surface area contributed by atoms with E-state index in [1.807, 2.05) is 6.08 Å². The van der Waals surface area contributed by atoms with Crippen molar-refractivity contribution in [1.29, 1.82) is 0 Å². The van der Waals surface area contributed by atoms with E-state index in [1.165, 1.54) is 25.7 Å². The zero-order valence-electron chi connectivity index (χ0n) is 15.2. The van der Waals surface area contributed by atoms with Crippen molar-refractivity contribution < 1.29 is 14.3 Å². The highest BCUT2D eigenvalue weighted by Gasteiger charge is 2.60. The van der Waals surface area contributed by atoms with Crippen LogP contribution in [0.5, 0.6) is 0 Å². The van der Waals surface area contributed by atoms with Crippen LogP contribution >= 0.6 is 0 Å². The number of carbonyl (C=O) groups excluding carboxylic acids is 2. The van der Waals surface area contributed by atoms with Gasteiger partial charge >= 0.3 is 5.97 Å². The van der Waals surface area contributed by atoms with Crippen molar-refractivity contribution >= 4 is 11.8 Å². The van der Waals surface area contributed by atoms with Gasteiger partial charge in [0.15, 0.2) is 5.78 Å². The molecule has 3 heteroatoms. The average Bonchev–Trinajstić information content (AvgIpc) is 2.84. The Morgan fingerprint density at radius 2 is 1.92 bits per heavy atom. The van der Waals surface area contributed by atoms with Crippen molar-refractivity contribution in [2.24, 2.45) is 34.5 Å². The first-order chi connectivity index (χ1) is 11.3. The van der Waals surface area contributed by atoms with Gasteiger partial charge in [-0.1, -0.05) is 19.9 Å². The Morgan fingerprint density at radius 3 is 2.67 bits per heavy atom. The summed E-state index contributed by atoms with van der Waals surface area (Å²) in [4.78, 5) is 23.4. The third-order valence-electron chi connectivity index (χ3n) is 8.26. The summed E-state index contributed by atoms with van der Waals surface area (Å²) in [5, 5.41) is 0. The fourth-order valence-electron chi connectivity index (χ4n) is 6.98. The molecule has 0 spiro atoms. The third kappa shape index (κ3) is 2.23. The smallest absolute Gasteiger partial charge is 0.302 e. The second-order valence-electron chi connectivity index (χ2n) is 9.24. The molecule has 4 rings (SSSR count). The average molecular weight is 330 g/mol. The zero-order valence-corrected chi connectivity index (χ0v) is 15.2. The standard InChI is InChI=1S/C21H30O3/c1-13(22)24-19-7-6-17-16-5-4-14-12-15(23)8-10-20(14,2)18(16)9-11-21(17,19)3/h8,10,14,16-19H,4-7,9,11-12H2,1-3H3/t14-,16+,17+,18-,19+,20-,21-/m0/s1. The van der Waals surface area contributed by atoms with Gasteiger partial charge in [0.1, 0.15) is 6.10 Å². The molecule has 0 aliphatic heterocycles. The SMILES string of the molecule is CC(=O)O[C@@H]1CC[C@@H]2[C@H]3CC[C@H]4CC(=O)C=C[C@]4(C)[C@H]3CC[C@@]21C. The fourth-order valence-corrected chi connectivity index (χ4v) is 6.98. The van der Waals surface area contributed by atoms with Crippen LogP contribution in [0.3, 0.4) is 0 Å². The highest BCUT2D eigenvalue weighted by atomic mass is 16.5. The van der Waals surface area contributed by atoms with E-state index in [2.05, 4.69) is 19.9 Å². The molecule has 0 aromatic carbocycles. The van der Waals surface area contributed by atoms with E-state index in [4.69, 9.17) is 4.74 Å². The molecule has 24 heavy (non-hydrogen) atoms. The predicted octanol–water partition coefficient (Wildman–Crippen LogP) is 4.31. The van der Waals surface area contributed by atoms with Gasteiger partial charge in [-0.3, -0.25) is 9.59 Å². The van der Waals surface area contributed by atoms with Crippen LogP contribution in [0.15, 0.2) is 12.2 Å². The molecule has 132 valence electrons. The number of fused-ring (bicyclic) bond motifs is 5. The van der Waals surface area contributed by atoms with Crippen LogP contribution < -0.4 is 0 Å². The molecule has 0 unspecified atom stereocenters. The maximum absolute atomic E-state index is 11.9. The summed E-state index contributed by atoms with van der Waals surface area (Å²) in [6, 6.07) is 0. The molecule has 3 fully saturated rings. The van der Waals surface area contributed by atoms with Crippen LogP contribution in [-0.4, -0.2) is 17.9 Å². The minimum atomic E-state index is -0.131. The maximum Gasteiger partial charge on any atom is 0.302 e. The highest BCUT2D eigenvalue weighted by molar-refractivity contribution is 5.91. The normalized spacial score (nSPS) is 50.0. The Bertz CT molecular complexity index is 594. The van der Waals surface area contributed by atoms with Gasteiger partial charge in [-0.25, -0.2) is 0 Å². The van der Waals surface area contributed by atoms with E-state index in [9.17, 15) is 9.59 Å². The Kier molecular flexibility index (Phi) is 3.71. The van der Waals surface area contributed by atoms with Gasteiger partial charge in [0, 0.05) is 18.8 Å². The number of hydrogen-bond donors (Lipinski definition) is 0. The molecule has 4 aliphatic rings. The Hall–Kier alpha value is -1.12. The van der Waals surface area contributed by atoms with Crippen LogP contribution in [0.25, 0.3) is 0 Å². The highest BCUT2D eigenvalue weighted by Crippen LogP contribution is 2.65. The van der Waals surface area contributed by atoms with Crippen molar-refractivity contribution in [2.75, 3.05) is 0 Å². The van der Waals surface area contributed by atoms with Crippen LogP contribution in [0.4, 0.5) is 0 Å². The summed E-state index contributed by atoms with van der Waals surface area (Å²) in [6.45, 7) is 6.31. The first-order valence-corrected chi connectivity index (χ1v) is 9.74. The first-order valence-electron chi connectivity index (χ1n) is 9.74. The summed E-state index contributed by atoms with van der Waals surface area (Å²) >= 11 is 0. The van der Waals surface area contributed by atoms with E-state index in [1.54, 1.807) is 6.92 Å². The number of esters is 1. The van der Waals surface area contributed by atoms with Crippen LogP contribution in [0.2, 0.25) is 0 Å². The largest absolute Gasteiger partial charge is 0.462 e. The predicted molar refractivity (Wildman–Crippen MR) is 92.2 cm³/mol. The molecule has 0 heterocycles. The van der Waals surface area contributed by atoms with Gasteiger partial charge in [0.05, 0.1) is 0 Å². The molecule has 0 saturated heterocycles. The van der Waals surface area contributed by atoms with E-state index in [-0.39, 0.29) is 22.9 Å². The fraction of sp³-hybridized carbons (Fsp3) is 0.810. The minimum Gasteiger partial charge on any atom is -0.462 e. The first kappa shape index (κ1) is 16.4. The lowest BCUT2D eigenvalue weighted by atomic mass is 9.46. The topological polar surface area (TPSA) is 43.4 Å². The Morgan fingerprint density at radius 1 is 1.12 bits per heavy atom. The van der Waals surface area contributed by atoms with Crippen molar-refractivity contribution in [3.05, 3.63) is 12.2 Å². The van der Waals surface area contributed by atoms with Crippen molar-refractivity contribution in [1.82, 2.24) is 0 Å². The van der Waals surface area contributed by atoms with Gasteiger partial charge in [0.2, 0.25) is 0 Å². The summed E-state index contributed by atoms with van der Waals surface area (Å²) in [6.07, 6.45) is 12.0. The molecule has 3 saturated carbocycles. The van der Waals surface area contributed by atoms with Gasteiger partial charge in [-0.05, 0) is 73.7 Å². The summed E-state index contributed by atoms with van der Waals surface area (Å²) < 4.78 is 5.71. The number of allylic oxidation sites excluding steroid dienone is 2. The number of ketones is 1. The van der Waals surface area contributed by atoms with E-state index < -0.39 is 0 Å². The Labute approximate surface area is 145 Å². The maximum atomic E-state index is 11.9. The summed E-state index contributed by atoms with van der Waals surface area (Å²) in [7, 11) is 0. The number of rotatable bonds is 1. The molecule has 3 nitrogen and oxygen atoms in total. The number of ether oxygens (including phenoxy) is 1. The second-order valence-corrected chi connectivity index (χ2v) is 9.24. The molecular formula is C21H30O3. The lowest BCUT2D eigenvalue weighted by Gasteiger charge is -2.58. The van der Waals surface area contributed by atoms with Crippen LogP contribution in [0, 0.1) is 34.5 Å². The van der Waals surface area contributed by atoms with Crippen LogP contribution in [0.1, 0.15) is 65.7 Å². The number of carbonyl (C=O) groups is 2. The van der Waals surface area contributed by atoms with Crippen molar-refractivity contribution in [3.8, 4) is 0 Å². The second kappa shape index (κ2) is 5.44. The number of hydrogen-bond acceptors (Lipinski definition) is 3. The summed E-state index contributed by atoms with van der Waals surface area (Å²) in [5.41, 5.74) is 0.349. The molecule has 0 amide bonds. The van der Waals surface area contributed by atoms with Gasteiger partial charge in [0.25, 0.3) is 0 Å². The lowest BCUT2D eigenvalue weighted by molar-refractivity contribution is -0.158. The minimum absolute atomic E-state index is 0.106. The third-order valence-corrected chi connectivity index (χ3v) is 8.26. The molecule has 0 aromatic heterocycles. The van der Waals surface area contributed by atoms with Crippen molar-refractivity contribution in [2.45, 2.75) is 71.8 Å². The monoisotopic (exact) mass is 330 g/mol. The van der Waals surface area contributed by atoms with E-state index in [0.717, 1.165) is 25.2 Å². The summed E-state index contributed by atoms with van der Waals surface area (Å²) in [5.74, 6) is 2.80. The van der Waals surface area contributed by atoms with Gasteiger partial charge < -0.3 is 4.74 Å². The molecule has 0 radical (unpaired) electrons.